The van der Waals surface area contributed by atoms with Gasteiger partial charge in [-0.15, -0.1) is 0 Å². The van der Waals surface area contributed by atoms with E-state index in [9.17, 15) is 14.9 Å². The van der Waals surface area contributed by atoms with Gasteiger partial charge in [0.25, 0.3) is 5.91 Å². The summed E-state index contributed by atoms with van der Waals surface area (Å²) in [4.78, 5) is 25.7. The van der Waals surface area contributed by atoms with Gasteiger partial charge in [0.2, 0.25) is 0 Å². The third kappa shape index (κ3) is 6.02. The molecule has 0 fully saturated rings. The summed E-state index contributed by atoms with van der Waals surface area (Å²) in [6.07, 6.45) is 1.45. The lowest BCUT2D eigenvalue weighted by atomic mass is 10.1. The number of nitrogens with zero attached hydrogens (tertiary/aromatic N) is 1. The first-order valence-electron chi connectivity index (χ1n) is 11.7. The van der Waals surface area contributed by atoms with E-state index in [2.05, 4.69) is 21.2 Å². The van der Waals surface area contributed by atoms with Gasteiger partial charge in [0.05, 0.1) is 23.8 Å². The van der Waals surface area contributed by atoms with Crippen LogP contribution in [0, 0.1) is 11.3 Å². The number of esters is 1. The van der Waals surface area contributed by atoms with Crippen LogP contribution in [0.2, 0.25) is 0 Å². The molecule has 0 unspecified atom stereocenters. The zero-order valence-electron chi connectivity index (χ0n) is 20.7. The van der Waals surface area contributed by atoms with E-state index in [1.807, 2.05) is 42.5 Å². The molecule has 0 saturated carbocycles. The summed E-state index contributed by atoms with van der Waals surface area (Å²) < 4.78 is 16.9. The Morgan fingerprint density at radius 2 is 1.76 bits per heavy atom. The highest BCUT2D eigenvalue weighted by atomic mass is 79.9. The van der Waals surface area contributed by atoms with Crippen LogP contribution in [0.15, 0.2) is 88.9 Å². The normalized spacial score (nSPS) is 10.9. The van der Waals surface area contributed by atoms with Crippen molar-refractivity contribution in [1.82, 2.24) is 0 Å². The van der Waals surface area contributed by atoms with E-state index in [-0.39, 0.29) is 17.1 Å². The zero-order chi connectivity index (χ0) is 27.1. The number of fused-ring (bicyclic) bond motifs is 1. The van der Waals surface area contributed by atoms with E-state index >= 15 is 0 Å². The second-order valence-corrected chi connectivity index (χ2v) is 8.89. The van der Waals surface area contributed by atoms with Crippen molar-refractivity contribution in [3.05, 3.63) is 100 Å². The maximum Gasteiger partial charge on any atom is 0.343 e. The molecule has 190 valence electrons. The molecule has 1 N–H and O–H groups in total. The van der Waals surface area contributed by atoms with Crippen molar-refractivity contribution in [2.24, 2.45) is 0 Å². The Morgan fingerprint density at radius 3 is 2.47 bits per heavy atom. The minimum absolute atomic E-state index is 0.102. The predicted molar refractivity (Wildman–Crippen MR) is 149 cm³/mol. The van der Waals surface area contributed by atoms with Crippen LogP contribution in [0.4, 0.5) is 5.69 Å². The number of halogens is 1. The average Bonchev–Trinajstić information content (AvgIpc) is 2.93. The number of hydrogen-bond acceptors (Lipinski definition) is 6. The SMILES string of the molecule is CCOc1cc(/C=C(\C#N)C(=O)Nc2cccc3ccccc23)cc(Br)c1OC(=O)c1ccc(OC)cc1. The molecule has 1 amide bonds. The first kappa shape index (κ1) is 26.5. The predicted octanol–water partition coefficient (Wildman–Crippen LogP) is 6.77. The van der Waals surface area contributed by atoms with E-state index in [0.29, 0.717) is 33.6 Å². The van der Waals surface area contributed by atoms with Gasteiger partial charge in [-0.2, -0.15) is 5.26 Å². The lowest BCUT2D eigenvalue weighted by molar-refractivity contribution is -0.112. The number of benzene rings is 4. The van der Waals surface area contributed by atoms with E-state index in [0.717, 1.165) is 10.8 Å². The standard InChI is InChI=1S/C30H23BrN2O5/c1-3-37-27-17-19(16-25(31)28(27)38-30(35)21-11-13-23(36-2)14-12-21)15-22(18-32)29(34)33-26-10-6-8-20-7-4-5-9-24(20)26/h4-17H,3H2,1-2H3,(H,33,34)/b22-15+. The summed E-state index contributed by atoms with van der Waals surface area (Å²) in [6, 6.07) is 24.9. The van der Waals surface area contributed by atoms with Gasteiger partial charge < -0.3 is 19.5 Å². The second-order valence-electron chi connectivity index (χ2n) is 8.03. The molecule has 7 nitrogen and oxygen atoms in total. The summed E-state index contributed by atoms with van der Waals surface area (Å²) in [5, 5.41) is 14.4. The van der Waals surface area contributed by atoms with Crippen molar-refractivity contribution >= 4 is 50.3 Å². The third-order valence-corrected chi connectivity index (χ3v) is 6.16. The van der Waals surface area contributed by atoms with Gasteiger partial charge in [-0.1, -0.05) is 36.4 Å². The molecule has 8 heteroatoms. The van der Waals surface area contributed by atoms with Gasteiger partial charge in [-0.25, -0.2) is 4.79 Å². The quantitative estimate of drug-likeness (QED) is 0.108. The second kappa shape index (κ2) is 12.1. The van der Waals surface area contributed by atoms with Crippen LogP contribution in [-0.2, 0) is 4.79 Å². The highest BCUT2D eigenvalue weighted by Gasteiger charge is 2.18. The van der Waals surface area contributed by atoms with Crippen molar-refractivity contribution in [1.29, 1.82) is 5.26 Å². The maximum absolute atomic E-state index is 13.0. The van der Waals surface area contributed by atoms with Crippen molar-refractivity contribution in [3.8, 4) is 23.3 Å². The largest absolute Gasteiger partial charge is 0.497 e. The molecule has 4 aromatic carbocycles. The fourth-order valence-corrected chi connectivity index (χ4v) is 4.29. The summed E-state index contributed by atoms with van der Waals surface area (Å²) in [5.74, 6) is -0.0466. The van der Waals surface area contributed by atoms with E-state index in [1.54, 1.807) is 56.5 Å². The molecular weight excluding hydrogens is 548 g/mol. The molecule has 0 aromatic heterocycles. The van der Waals surface area contributed by atoms with E-state index in [1.165, 1.54) is 6.08 Å². The van der Waals surface area contributed by atoms with Gasteiger partial charge in [0, 0.05) is 11.1 Å². The molecule has 0 spiro atoms. The molecule has 0 atom stereocenters. The van der Waals surface area contributed by atoms with Gasteiger partial charge in [-0.3, -0.25) is 4.79 Å². The molecule has 4 rings (SSSR count). The number of hydrogen-bond donors (Lipinski definition) is 1. The summed E-state index contributed by atoms with van der Waals surface area (Å²) in [5.41, 5.74) is 1.34. The van der Waals surface area contributed by atoms with E-state index in [4.69, 9.17) is 14.2 Å². The number of anilines is 1. The van der Waals surface area contributed by atoms with Crippen LogP contribution in [0.25, 0.3) is 16.8 Å². The van der Waals surface area contributed by atoms with E-state index < -0.39 is 11.9 Å². The summed E-state index contributed by atoms with van der Waals surface area (Å²) >= 11 is 3.43. The van der Waals surface area contributed by atoms with Gasteiger partial charge in [0.15, 0.2) is 11.5 Å². The number of rotatable bonds is 8. The Labute approximate surface area is 228 Å². The lowest BCUT2D eigenvalue weighted by Crippen LogP contribution is -2.13. The third-order valence-electron chi connectivity index (χ3n) is 5.57. The lowest BCUT2D eigenvalue weighted by Gasteiger charge is -2.14. The first-order valence-corrected chi connectivity index (χ1v) is 12.5. The maximum atomic E-state index is 13.0. The minimum Gasteiger partial charge on any atom is -0.497 e. The highest BCUT2D eigenvalue weighted by Crippen LogP contribution is 2.38. The molecule has 38 heavy (non-hydrogen) atoms. The number of ether oxygens (including phenoxy) is 3. The first-order chi connectivity index (χ1) is 18.4. The Morgan fingerprint density at radius 1 is 1.03 bits per heavy atom. The molecule has 0 aliphatic carbocycles. The molecule has 4 aromatic rings. The smallest absolute Gasteiger partial charge is 0.343 e. The molecule has 0 heterocycles. The number of amides is 1. The number of nitriles is 1. The van der Waals surface area contributed by atoms with Crippen LogP contribution >= 0.6 is 15.9 Å². The fraction of sp³-hybridized carbons (Fsp3) is 0.100. The number of nitrogens with one attached hydrogen (secondary N) is 1. The van der Waals surface area contributed by atoms with Crippen LogP contribution < -0.4 is 19.5 Å². The topological polar surface area (TPSA) is 97.6 Å². The molecule has 0 aliphatic rings. The molecule has 0 bridgehead atoms. The van der Waals surface area contributed by atoms with Crippen LogP contribution in [0.3, 0.4) is 0 Å². The number of methoxy groups -OCH3 is 1. The Hall–Kier alpha value is -4.61. The number of carbonyl (C=O) groups excluding carboxylic acids is 2. The van der Waals surface area contributed by atoms with Gasteiger partial charge in [-0.05, 0) is 82.3 Å². The average molecular weight is 571 g/mol. The molecule has 0 radical (unpaired) electrons. The molecular formula is C30H23BrN2O5. The summed E-state index contributed by atoms with van der Waals surface area (Å²) in [7, 11) is 1.54. The van der Waals surface area contributed by atoms with Crippen LogP contribution in [0.5, 0.6) is 17.2 Å². The number of carbonyl (C=O) groups is 2. The zero-order valence-corrected chi connectivity index (χ0v) is 22.2. The Balaban J connectivity index is 1.61. The minimum atomic E-state index is -0.579. The molecule has 0 aliphatic heterocycles. The fourth-order valence-electron chi connectivity index (χ4n) is 3.75. The highest BCUT2D eigenvalue weighted by molar-refractivity contribution is 9.10. The summed E-state index contributed by atoms with van der Waals surface area (Å²) in [6.45, 7) is 2.10. The Bertz CT molecular complexity index is 1570. The van der Waals surface area contributed by atoms with Crippen LogP contribution in [-0.4, -0.2) is 25.6 Å². The monoisotopic (exact) mass is 570 g/mol. The van der Waals surface area contributed by atoms with Crippen molar-refractivity contribution in [3.63, 3.8) is 0 Å². The van der Waals surface area contributed by atoms with Crippen molar-refractivity contribution in [2.45, 2.75) is 6.92 Å². The van der Waals surface area contributed by atoms with Crippen molar-refractivity contribution in [2.75, 3.05) is 19.0 Å². The Kier molecular flexibility index (Phi) is 8.41. The molecule has 0 saturated heterocycles. The van der Waals surface area contributed by atoms with Gasteiger partial charge in [0.1, 0.15) is 17.4 Å². The van der Waals surface area contributed by atoms with Gasteiger partial charge >= 0.3 is 5.97 Å². The van der Waals surface area contributed by atoms with Crippen molar-refractivity contribution < 1.29 is 23.8 Å². The van der Waals surface area contributed by atoms with Crippen LogP contribution in [0.1, 0.15) is 22.8 Å².